The first-order valence-electron chi connectivity index (χ1n) is 4.84. The number of unbranched alkanes of at least 4 members (excludes halogenated alkanes) is 3. The monoisotopic (exact) mass is 232 g/mol. The fraction of sp³-hybridized carbons (Fsp3) is 0.750. The van der Waals surface area contributed by atoms with Crippen LogP contribution in [0, 0.1) is 10.1 Å². The number of aromatic nitrogens is 3. The van der Waals surface area contributed by atoms with Gasteiger partial charge in [-0.3, -0.25) is 0 Å². The molecule has 0 aliphatic carbocycles. The summed E-state index contributed by atoms with van der Waals surface area (Å²) in [6, 6.07) is 0. The summed E-state index contributed by atoms with van der Waals surface area (Å²) in [7, 11) is 0. The molecule has 1 heterocycles. The molecule has 0 spiro atoms. The van der Waals surface area contributed by atoms with Gasteiger partial charge in [0.2, 0.25) is 6.33 Å². The van der Waals surface area contributed by atoms with Gasteiger partial charge in [0.25, 0.3) is 0 Å². The van der Waals surface area contributed by atoms with E-state index in [4.69, 9.17) is 11.6 Å². The maximum absolute atomic E-state index is 10.3. The Labute approximate surface area is 92.4 Å². The van der Waals surface area contributed by atoms with E-state index in [2.05, 4.69) is 10.1 Å². The van der Waals surface area contributed by atoms with Gasteiger partial charge in [-0.1, -0.05) is 17.8 Å². The van der Waals surface area contributed by atoms with Crippen LogP contribution >= 0.6 is 11.6 Å². The molecule has 1 aromatic rings. The van der Waals surface area contributed by atoms with Gasteiger partial charge in [0.1, 0.15) is 0 Å². The van der Waals surface area contributed by atoms with E-state index < -0.39 is 4.92 Å². The van der Waals surface area contributed by atoms with Crippen molar-refractivity contribution in [3.63, 3.8) is 0 Å². The normalized spacial score (nSPS) is 10.5. The molecule has 0 amide bonds. The predicted molar refractivity (Wildman–Crippen MR) is 55.9 cm³/mol. The minimum atomic E-state index is -0.593. The molecule has 0 bridgehead atoms. The smallest absolute Gasteiger partial charge is 0.390 e. The van der Waals surface area contributed by atoms with Crippen LogP contribution in [0.1, 0.15) is 25.7 Å². The zero-order valence-electron chi connectivity index (χ0n) is 8.30. The largest absolute Gasteiger partial charge is 0.490 e. The second-order valence-electron chi connectivity index (χ2n) is 3.17. The van der Waals surface area contributed by atoms with Gasteiger partial charge in [0.15, 0.2) is 0 Å². The third-order valence-corrected chi connectivity index (χ3v) is 2.23. The van der Waals surface area contributed by atoms with Crippen LogP contribution < -0.4 is 0 Å². The Kier molecular flexibility index (Phi) is 5.03. The number of hydrogen-bond donors (Lipinski definition) is 0. The summed E-state index contributed by atoms with van der Waals surface area (Å²) in [5.74, 6) is 0.352. The number of aryl methyl sites for hydroxylation is 1. The van der Waals surface area contributed by atoms with Crippen molar-refractivity contribution >= 4 is 17.5 Å². The van der Waals surface area contributed by atoms with Gasteiger partial charge in [-0.15, -0.1) is 11.6 Å². The molecule has 0 aliphatic rings. The lowest BCUT2D eigenvalue weighted by Gasteiger charge is -1.96. The van der Waals surface area contributed by atoms with E-state index in [1.165, 1.54) is 11.0 Å². The molecule has 15 heavy (non-hydrogen) atoms. The molecule has 0 fully saturated rings. The second kappa shape index (κ2) is 6.34. The maximum atomic E-state index is 10.3. The van der Waals surface area contributed by atoms with Crippen LogP contribution in [0.15, 0.2) is 6.33 Å². The van der Waals surface area contributed by atoms with E-state index in [9.17, 15) is 10.1 Å². The predicted octanol–water partition coefficient (Wildman–Crippen LogP) is 1.99. The molecule has 6 nitrogen and oxygen atoms in total. The topological polar surface area (TPSA) is 73.8 Å². The highest BCUT2D eigenvalue weighted by Gasteiger charge is 2.11. The van der Waals surface area contributed by atoms with E-state index in [0.717, 1.165) is 25.7 Å². The summed E-state index contributed by atoms with van der Waals surface area (Å²) >= 11 is 5.53. The standard InChI is InChI=1S/C8H13ClN4O2/c9-5-3-1-2-4-6-12-7-10-8(11-12)13(14)15/h7H,1-6H2. The Morgan fingerprint density at radius 1 is 1.40 bits per heavy atom. The molecule has 0 aliphatic heterocycles. The van der Waals surface area contributed by atoms with Gasteiger partial charge in [-0.25, -0.2) is 0 Å². The average molecular weight is 233 g/mol. The highest BCUT2D eigenvalue weighted by molar-refractivity contribution is 6.17. The van der Waals surface area contributed by atoms with Gasteiger partial charge in [0, 0.05) is 11.0 Å². The molecule has 0 radical (unpaired) electrons. The molecule has 0 atom stereocenters. The van der Waals surface area contributed by atoms with E-state index >= 15 is 0 Å². The minimum Gasteiger partial charge on any atom is -0.390 e. The molecular formula is C8H13ClN4O2. The average Bonchev–Trinajstić information content (AvgIpc) is 2.66. The van der Waals surface area contributed by atoms with Crippen molar-refractivity contribution in [2.24, 2.45) is 0 Å². The molecular weight excluding hydrogens is 220 g/mol. The van der Waals surface area contributed by atoms with Crippen molar-refractivity contribution in [2.45, 2.75) is 32.2 Å². The summed E-state index contributed by atoms with van der Waals surface area (Å²) < 4.78 is 1.50. The second-order valence-corrected chi connectivity index (χ2v) is 3.55. The zero-order chi connectivity index (χ0) is 11.1. The Balaban J connectivity index is 2.23. The molecule has 84 valence electrons. The SMILES string of the molecule is O=[N+]([O-])c1ncn(CCCCCCCl)n1. The highest BCUT2D eigenvalue weighted by Crippen LogP contribution is 2.04. The highest BCUT2D eigenvalue weighted by atomic mass is 35.5. The fourth-order valence-electron chi connectivity index (χ4n) is 1.20. The van der Waals surface area contributed by atoms with Crippen LogP contribution in [-0.4, -0.2) is 25.6 Å². The van der Waals surface area contributed by atoms with E-state index in [1.54, 1.807) is 0 Å². The lowest BCUT2D eigenvalue weighted by molar-refractivity contribution is -0.394. The first-order chi connectivity index (χ1) is 7.24. The van der Waals surface area contributed by atoms with Crippen molar-refractivity contribution in [1.82, 2.24) is 14.8 Å². The molecule has 0 saturated carbocycles. The van der Waals surface area contributed by atoms with Gasteiger partial charge in [-0.05, 0) is 17.8 Å². The summed E-state index contributed by atoms with van der Waals surface area (Å²) in [6.07, 6.45) is 5.48. The van der Waals surface area contributed by atoms with Crippen molar-refractivity contribution in [3.8, 4) is 0 Å². The van der Waals surface area contributed by atoms with Crippen LogP contribution in [0.4, 0.5) is 5.95 Å². The lowest BCUT2D eigenvalue weighted by atomic mass is 10.2. The molecule has 7 heteroatoms. The number of hydrogen-bond acceptors (Lipinski definition) is 4. The van der Waals surface area contributed by atoms with Gasteiger partial charge < -0.3 is 10.1 Å². The summed E-state index contributed by atoms with van der Waals surface area (Å²) in [4.78, 5) is 13.3. The van der Waals surface area contributed by atoms with Crippen molar-refractivity contribution in [3.05, 3.63) is 16.4 Å². The quantitative estimate of drug-likeness (QED) is 0.312. The van der Waals surface area contributed by atoms with Crippen LogP contribution in [0.3, 0.4) is 0 Å². The fourth-order valence-corrected chi connectivity index (χ4v) is 1.39. The number of halogens is 1. The molecule has 0 N–H and O–H groups in total. The zero-order valence-corrected chi connectivity index (χ0v) is 9.06. The number of rotatable bonds is 7. The van der Waals surface area contributed by atoms with E-state index in [1.807, 2.05) is 0 Å². The van der Waals surface area contributed by atoms with Gasteiger partial charge in [-0.2, -0.15) is 4.68 Å². The summed E-state index contributed by atoms with van der Waals surface area (Å²) in [5.41, 5.74) is 0. The number of nitro groups is 1. The molecule has 0 aromatic carbocycles. The first-order valence-corrected chi connectivity index (χ1v) is 5.37. The summed E-state index contributed by atoms with van der Waals surface area (Å²) in [6.45, 7) is 0.670. The minimum absolute atomic E-state index is 0.337. The van der Waals surface area contributed by atoms with Crippen LogP contribution in [0.2, 0.25) is 0 Å². The maximum Gasteiger partial charge on any atom is 0.490 e. The first kappa shape index (κ1) is 11.9. The Bertz CT molecular complexity index is 315. The molecule has 0 unspecified atom stereocenters. The third-order valence-electron chi connectivity index (χ3n) is 1.96. The van der Waals surface area contributed by atoms with Crippen molar-refractivity contribution in [2.75, 3.05) is 5.88 Å². The molecule has 0 saturated heterocycles. The third kappa shape index (κ3) is 4.24. The number of alkyl halides is 1. The summed E-state index contributed by atoms with van der Waals surface area (Å²) in [5, 5.41) is 14.0. The van der Waals surface area contributed by atoms with Crippen molar-refractivity contribution < 1.29 is 4.92 Å². The number of nitrogens with zero attached hydrogens (tertiary/aromatic N) is 4. The van der Waals surface area contributed by atoms with Crippen LogP contribution in [-0.2, 0) is 6.54 Å². The van der Waals surface area contributed by atoms with Crippen LogP contribution in [0.25, 0.3) is 0 Å². The van der Waals surface area contributed by atoms with E-state index in [0.29, 0.717) is 12.4 Å². The molecule has 1 rings (SSSR count). The van der Waals surface area contributed by atoms with Gasteiger partial charge >= 0.3 is 5.95 Å². The lowest BCUT2D eigenvalue weighted by Crippen LogP contribution is -1.99. The Morgan fingerprint density at radius 2 is 2.13 bits per heavy atom. The van der Waals surface area contributed by atoms with Crippen LogP contribution in [0.5, 0.6) is 0 Å². The van der Waals surface area contributed by atoms with E-state index in [-0.39, 0.29) is 5.95 Å². The van der Waals surface area contributed by atoms with Gasteiger partial charge in [0.05, 0.1) is 6.54 Å². The van der Waals surface area contributed by atoms with Crippen molar-refractivity contribution in [1.29, 1.82) is 0 Å². The molecule has 1 aromatic heterocycles. The Morgan fingerprint density at radius 3 is 2.73 bits per heavy atom. The Hall–Kier alpha value is -1.17.